The predicted octanol–water partition coefficient (Wildman–Crippen LogP) is 0.919. The van der Waals surface area contributed by atoms with E-state index < -0.39 is 0 Å². The van der Waals surface area contributed by atoms with Gasteiger partial charge in [-0.15, -0.1) is 0 Å². The summed E-state index contributed by atoms with van der Waals surface area (Å²) in [7, 11) is 0. The van der Waals surface area contributed by atoms with Crippen LogP contribution in [0.4, 0.5) is 0 Å². The van der Waals surface area contributed by atoms with Gasteiger partial charge in [-0.1, -0.05) is 30.3 Å². The highest BCUT2D eigenvalue weighted by molar-refractivity contribution is 5.67. The Morgan fingerprint density at radius 1 is 1.36 bits per heavy atom. The third kappa shape index (κ3) is 2.51. The molecule has 2 nitrogen and oxygen atoms in total. The molecular weight excluding hydrogens is 138 g/mol. The summed E-state index contributed by atoms with van der Waals surface area (Å²) in [5, 5.41) is 0. The first kappa shape index (κ1) is 7.95. The molecule has 2 N–H and O–H groups in total. The first-order valence-electron chi connectivity index (χ1n) is 3.43. The molecule has 0 heterocycles. The quantitative estimate of drug-likeness (QED) is 0.648. The van der Waals surface area contributed by atoms with E-state index in [1.807, 2.05) is 30.3 Å². The van der Waals surface area contributed by atoms with E-state index in [0.717, 1.165) is 5.56 Å². The molecule has 0 aliphatic carbocycles. The van der Waals surface area contributed by atoms with Crippen LogP contribution in [-0.4, -0.2) is 6.29 Å². The van der Waals surface area contributed by atoms with Crippen LogP contribution in [0.25, 0.3) is 0 Å². The fraction of sp³-hybridized carbons (Fsp3) is 0.111. The van der Waals surface area contributed by atoms with Crippen LogP contribution < -0.4 is 5.73 Å². The van der Waals surface area contributed by atoms with E-state index in [2.05, 4.69) is 0 Å². The molecule has 0 spiro atoms. The second kappa shape index (κ2) is 3.88. The minimum Gasteiger partial charge on any atom is -0.317 e. The molecule has 0 saturated heterocycles. The molecule has 0 bridgehead atoms. The Kier molecular flexibility index (Phi) is 2.81. The molecule has 1 radical (unpaired) electrons. The Morgan fingerprint density at radius 3 is 2.55 bits per heavy atom. The first-order valence-corrected chi connectivity index (χ1v) is 3.43. The molecule has 1 aromatic carbocycles. The van der Waals surface area contributed by atoms with Gasteiger partial charge in [0, 0.05) is 0 Å². The molecule has 57 valence electrons. The zero-order valence-electron chi connectivity index (χ0n) is 6.16. The Balaban J connectivity index is 2.57. The summed E-state index contributed by atoms with van der Waals surface area (Å²) in [5.74, 6) is 0. The molecule has 1 rings (SSSR count). The third-order valence-corrected chi connectivity index (χ3v) is 1.40. The van der Waals surface area contributed by atoms with Crippen molar-refractivity contribution in [2.24, 2.45) is 5.73 Å². The average molecular weight is 148 g/mol. The lowest BCUT2D eigenvalue weighted by Gasteiger charge is -2.00. The van der Waals surface area contributed by atoms with Crippen molar-refractivity contribution in [3.8, 4) is 0 Å². The number of aldehydes is 1. The molecule has 0 unspecified atom stereocenters. The molecule has 1 aromatic rings. The SMILES string of the molecule is N[C](C=O)Cc1ccccc1. The Bertz CT molecular complexity index is 220. The third-order valence-electron chi connectivity index (χ3n) is 1.40. The number of hydrogen-bond donors (Lipinski definition) is 1. The second-order valence-corrected chi connectivity index (χ2v) is 2.36. The normalized spacial score (nSPS) is 10.0. The summed E-state index contributed by atoms with van der Waals surface area (Å²) < 4.78 is 0. The molecule has 11 heavy (non-hydrogen) atoms. The Morgan fingerprint density at radius 2 is 2.00 bits per heavy atom. The van der Waals surface area contributed by atoms with Crippen LogP contribution in [0.2, 0.25) is 0 Å². The van der Waals surface area contributed by atoms with E-state index in [0.29, 0.717) is 18.7 Å². The molecule has 0 saturated carbocycles. The van der Waals surface area contributed by atoms with Crippen LogP contribution in [0.3, 0.4) is 0 Å². The number of carbonyl (C=O) groups excluding carboxylic acids is 1. The first-order chi connectivity index (χ1) is 5.33. The largest absolute Gasteiger partial charge is 0.317 e. The van der Waals surface area contributed by atoms with Crippen LogP contribution in [-0.2, 0) is 11.2 Å². The monoisotopic (exact) mass is 148 g/mol. The number of hydrogen-bond acceptors (Lipinski definition) is 2. The van der Waals surface area contributed by atoms with Gasteiger partial charge in [-0.05, 0) is 12.0 Å². The highest BCUT2D eigenvalue weighted by atomic mass is 16.1. The van der Waals surface area contributed by atoms with E-state index in [-0.39, 0.29) is 0 Å². The smallest absolute Gasteiger partial charge is 0.142 e. The minimum absolute atomic E-state index is 0.371. The van der Waals surface area contributed by atoms with Gasteiger partial charge in [0.2, 0.25) is 0 Å². The van der Waals surface area contributed by atoms with E-state index in [4.69, 9.17) is 5.73 Å². The topological polar surface area (TPSA) is 43.1 Å². The lowest BCUT2D eigenvalue weighted by molar-refractivity contribution is -0.106. The van der Waals surface area contributed by atoms with Crippen LogP contribution in [0.5, 0.6) is 0 Å². The summed E-state index contributed by atoms with van der Waals surface area (Å²) in [4.78, 5) is 10.1. The fourth-order valence-corrected chi connectivity index (χ4v) is 0.873. The zero-order valence-corrected chi connectivity index (χ0v) is 6.16. The van der Waals surface area contributed by atoms with Crippen molar-refractivity contribution in [2.45, 2.75) is 6.42 Å². The van der Waals surface area contributed by atoms with Gasteiger partial charge in [-0.25, -0.2) is 0 Å². The standard InChI is InChI=1S/C9H10NO/c10-9(7-11)6-8-4-2-1-3-5-8/h1-5,7H,6,10H2. The van der Waals surface area contributed by atoms with Crippen molar-refractivity contribution < 1.29 is 4.79 Å². The summed E-state index contributed by atoms with van der Waals surface area (Å²) in [6.07, 6.45) is 1.23. The number of rotatable bonds is 3. The van der Waals surface area contributed by atoms with Crippen LogP contribution in [0.15, 0.2) is 30.3 Å². The van der Waals surface area contributed by atoms with E-state index in [1.54, 1.807) is 0 Å². The van der Waals surface area contributed by atoms with Crippen LogP contribution in [0, 0.1) is 6.04 Å². The lowest BCUT2D eigenvalue weighted by atomic mass is 10.1. The van der Waals surface area contributed by atoms with Gasteiger partial charge in [0.15, 0.2) is 0 Å². The van der Waals surface area contributed by atoms with Gasteiger partial charge in [0.05, 0.1) is 0 Å². The van der Waals surface area contributed by atoms with Gasteiger partial charge in [-0.3, -0.25) is 0 Å². The fourth-order valence-electron chi connectivity index (χ4n) is 0.873. The molecular formula is C9H10NO. The number of nitrogens with two attached hydrogens (primary N) is 1. The maximum Gasteiger partial charge on any atom is 0.142 e. The van der Waals surface area contributed by atoms with Gasteiger partial charge < -0.3 is 10.5 Å². The molecule has 0 fully saturated rings. The Labute approximate surface area is 66.0 Å². The maximum atomic E-state index is 10.1. The molecule has 2 heteroatoms. The van der Waals surface area contributed by atoms with Crippen molar-refractivity contribution in [3.05, 3.63) is 41.9 Å². The lowest BCUT2D eigenvalue weighted by Crippen LogP contribution is -2.13. The Hall–Kier alpha value is -1.15. The second-order valence-electron chi connectivity index (χ2n) is 2.36. The van der Waals surface area contributed by atoms with Crippen LogP contribution in [0.1, 0.15) is 5.56 Å². The molecule has 0 aliphatic heterocycles. The maximum absolute atomic E-state index is 10.1. The molecule has 0 atom stereocenters. The van der Waals surface area contributed by atoms with Gasteiger partial charge in [-0.2, -0.15) is 0 Å². The van der Waals surface area contributed by atoms with Gasteiger partial charge in [0.1, 0.15) is 12.3 Å². The molecule has 0 aromatic heterocycles. The summed E-state index contributed by atoms with van der Waals surface area (Å²) in [6.45, 7) is 0. The number of carbonyl (C=O) groups is 1. The minimum atomic E-state index is 0.371. The summed E-state index contributed by atoms with van der Waals surface area (Å²) >= 11 is 0. The highest BCUT2D eigenvalue weighted by Gasteiger charge is 2.00. The summed E-state index contributed by atoms with van der Waals surface area (Å²) in [6, 6.07) is 10.0. The summed E-state index contributed by atoms with van der Waals surface area (Å²) in [5.41, 5.74) is 6.42. The van der Waals surface area contributed by atoms with Crippen molar-refractivity contribution in [1.82, 2.24) is 0 Å². The average Bonchev–Trinajstić information content (AvgIpc) is 2.06. The zero-order chi connectivity index (χ0) is 8.10. The molecule has 0 amide bonds. The van der Waals surface area contributed by atoms with Gasteiger partial charge >= 0.3 is 0 Å². The van der Waals surface area contributed by atoms with E-state index in [9.17, 15) is 4.79 Å². The van der Waals surface area contributed by atoms with Crippen molar-refractivity contribution >= 4 is 6.29 Å². The number of benzene rings is 1. The van der Waals surface area contributed by atoms with E-state index >= 15 is 0 Å². The molecule has 0 aliphatic rings. The van der Waals surface area contributed by atoms with Crippen LogP contribution >= 0.6 is 0 Å². The predicted molar refractivity (Wildman–Crippen MR) is 43.6 cm³/mol. The van der Waals surface area contributed by atoms with Crippen molar-refractivity contribution in [3.63, 3.8) is 0 Å². The van der Waals surface area contributed by atoms with E-state index in [1.165, 1.54) is 0 Å². The van der Waals surface area contributed by atoms with Crippen molar-refractivity contribution in [2.75, 3.05) is 0 Å². The van der Waals surface area contributed by atoms with Gasteiger partial charge in [0.25, 0.3) is 0 Å². The highest BCUT2D eigenvalue weighted by Crippen LogP contribution is 2.03. The van der Waals surface area contributed by atoms with Crippen molar-refractivity contribution in [1.29, 1.82) is 0 Å².